The van der Waals surface area contributed by atoms with Crippen molar-refractivity contribution >= 4 is 17.5 Å². The number of halogens is 1. The highest BCUT2D eigenvalue weighted by atomic mass is 35.5. The van der Waals surface area contributed by atoms with Crippen molar-refractivity contribution in [3.05, 3.63) is 58.0 Å². The van der Waals surface area contributed by atoms with Crippen LogP contribution in [0, 0.1) is 6.92 Å². The molecule has 1 amide bonds. The molecule has 2 N–H and O–H groups in total. The molecule has 106 valence electrons. The Kier molecular flexibility index (Phi) is 4.47. The Labute approximate surface area is 122 Å². The van der Waals surface area contributed by atoms with Crippen molar-refractivity contribution in [2.45, 2.75) is 26.5 Å². The van der Waals surface area contributed by atoms with E-state index in [1.54, 1.807) is 25.1 Å². The number of hydrogen-bond donors (Lipinski definition) is 2. The van der Waals surface area contributed by atoms with E-state index in [9.17, 15) is 4.79 Å². The van der Waals surface area contributed by atoms with E-state index in [1.165, 1.54) is 0 Å². The number of amides is 1. The molecule has 1 aromatic heterocycles. The second kappa shape index (κ2) is 6.11. The number of nitrogens with one attached hydrogen (secondary N) is 1. The summed E-state index contributed by atoms with van der Waals surface area (Å²) in [6.07, 6.45) is 0. The van der Waals surface area contributed by atoms with Gasteiger partial charge in [0.05, 0.1) is 6.04 Å². The Morgan fingerprint density at radius 2 is 2.05 bits per heavy atom. The van der Waals surface area contributed by atoms with Crippen molar-refractivity contribution in [3.8, 4) is 0 Å². The molecule has 2 rings (SSSR count). The van der Waals surface area contributed by atoms with Crippen molar-refractivity contribution in [2.75, 3.05) is 0 Å². The Bertz CT molecular complexity index is 604. The molecule has 0 aliphatic carbocycles. The lowest BCUT2D eigenvalue weighted by molar-refractivity contribution is 0.0906. The molecule has 0 aliphatic heterocycles. The number of aliphatic hydroxyl groups is 1. The van der Waals surface area contributed by atoms with Gasteiger partial charge in [-0.25, -0.2) is 0 Å². The average Bonchev–Trinajstić information content (AvgIpc) is 2.80. The zero-order valence-corrected chi connectivity index (χ0v) is 12.1. The summed E-state index contributed by atoms with van der Waals surface area (Å²) in [4.78, 5) is 12.1. The number of rotatable bonds is 4. The van der Waals surface area contributed by atoms with Crippen molar-refractivity contribution in [1.29, 1.82) is 0 Å². The number of carbonyl (C=O) groups is 1. The van der Waals surface area contributed by atoms with Crippen molar-refractivity contribution in [3.63, 3.8) is 0 Å². The predicted octanol–water partition coefficient (Wildman–Crippen LogP) is 3.22. The summed E-state index contributed by atoms with van der Waals surface area (Å²) < 4.78 is 5.30. The van der Waals surface area contributed by atoms with Gasteiger partial charge < -0.3 is 14.8 Å². The maximum atomic E-state index is 12.1. The largest absolute Gasteiger partial charge is 0.453 e. The predicted molar refractivity (Wildman–Crippen MR) is 76.7 cm³/mol. The van der Waals surface area contributed by atoms with E-state index in [2.05, 4.69) is 5.32 Å². The Morgan fingerprint density at radius 1 is 1.40 bits per heavy atom. The van der Waals surface area contributed by atoms with E-state index in [-0.39, 0.29) is 24.3 Å². The SMILES string of the molecule is Cc1cc(CO)oc1C(=O)N[C@H](C)c1ccc(Cl)cc1. The smallest absolute Gasteiger partial charge is 0.287 e. The van der Waals surface area contributed by atoms with Crippen LogP contribution in [0.4, 0.5) is 0 Å². The van der Waals surface area contributed by atoms with Gasteiger partial charge in [-0.15, -0.1) is 0 Å². The van der Waals surface area contributed by atoms with Gasteiger partial charge >= 0.3 is 0 Å². The van der Waals surface area contributed by atoms with Crippen LogP contribution >= 0.6 is 11.6 Å². The van der Waals surface area contributed by atoms with E-state index in [0.717, 1.165) is 5.56 Å². The molecule has 20 heavy (non-hydrogen) atoms. The summed E-state index contributed by atoms with van der Waals surface area (Å²) in [5, 5.41) is 12.5. The van der Waals surface area contributed by atoms with Gasteiger partial charge in [0.2, 0.25) is 0 Å². The number of carbonyl (C=O) groups excluding carboxylic acids is 1. The second-order valence-electron chi connectivity index (χ2n) is 4.63. The van der Waals surface area contributed by atoms with Crippen LogP contribution in [0.5, 0.6) is 0 Å². The third-order valence-electron chi connectivity index (χ3n) is 3.05. The first-order chi connectivity index (χ1) is 9.51. The molecular weight excluding hydrogens is 278 g/mol. The summed E-state index contributed by atoms with van der Waals surface area (Å²) >= 11 is 5.83. The summed E-state index contributed by atoms with van der Waals surface area (Å²) in [5.74, 6) is 0.311. The molecule has 1 heterocycles. The molecule has 5 heteroatoms. The number of hydrogen-bond acceptors (Lipinski definition) is 3. The summed E-state index contributed by atoms with van der Waals surface area (Å²) in [5.41, 5.74) is 1.66. The lowest BCUT2D eigenvalue weighted by Gasteiger charge is -2.13. The van der Waals surface area contributed by atoms with Gasteiger partial charge in [0.1, 0.15) is 12.4 Å². The normalized spacial score (nSPS) is 12.2. The maximum Gasteiger partial charge on any atom is 0.287 e. The fraction of sp³-hybridized carbons (Fsp3) is 0.267. The van der Waals surface area contributed by atoms with Gasteiger partial charge in [0, 0.05) is 10.6 Å². The van der Waals surface area contributed by atoms with Crippen LogP contribution in [0.25, 0.3) is 0 Å². The molecule has 0 spiro atoms. The molecule has 0 unspecified atom stereocenters. The molecule has 0 saturated heterocycles. The first-order valence-corrected chi connectivity index (χ1v) is 6.65. The maximum absolute atomic E-state index is 12.1. The lowest BCUT2D eigenvalue weighted by Crippen LogP contribution is -2.26. The minimum atomic E-state index is -0.301. The Morgan fingerprint density at radius 3 is 2.60 bits per heavy atom. The van der Waals surface area contributed by atoms with Gasteiger partial charge in [0.25, 0.3) is 5.91 Å². The van der Waals surface area contributed by atoms with Crippen LogP contribution in [0.2, 0.25) is 5.02 Å². The molecule has 2 aromatic rings. The van der Waals surface area contributed by atoms with E-state index in [4.69, 9.17) is 21.1 Å². The third-order valence-corrected chi connectivity index (χ3v) is 3.30. The first kappa shape index (κ1) is 14.6. The van der Waals surface area contributed by atoms with E-state index in [1.807, 2.05) is 19.1 Å². The molecule has 4 nitrogen and oxygen atoms in total. The van der Waals surface area contributed by atoms with Crippen LogP contribution in [0.15, 0.2) is 34.7 Å². The van der Waals surface area contributed by atoms with E-state index in [0.29, 0.717) is 16.3 Å². The lowest BCUT2D eigenvalue weighted by atomic mass is 10.1. The summed E-state index contributed by atoms with van der Waals surface area (Å²) in [6, 6.07) is 8.77. The Balaban J connectivity index is 2.10. The number of benzene rings is 1. The van der Waals surface area contributed by atoms with Crippen LogP contribution in [0.1, 0.15) is 40.4 Å². The van der Waals surface area contributed by atoms with E-state index < -0.39 is 0 Å². The summed E-state index contributed by atoms with van der Waals surface area (Å²) in [7, 11) is 0. The average molecular weight is 294 g/mol. The van der Waals surface area contributed by atoms with Gasteiger partial charge in [-0.2, -0.15) is 0 Å². The van der Waals surface area contributed by atoms with Gasteiger partial charge in [0.15, 0.2) is 5.76 Å². The minimum absolute atomic E-state index is 0.165. The quantitative estimate of drug-likeness (QED) is 0.910. The van der Waals surface area contributed by atoms with Crippen molar-refractivity contribution < 1.29 is 14.3 Å². The number of furan rings is 1. The summed E-state index contributed by atoms with van der Waals surface area (Å²) in [6.45, 7) is 3.43. The molecule has 1 aromatic carbocycles. The zero-order chi connectivity index (χ0) is 14.7. The number of aliphatic hydroxyl groups excluding tert-OH is 1. The van der Waals surface area contributed by atoms with Crippen LogP contribution in [-0.4, -0.2) is 11.0 Å². The van der Waals surface area contributed by atoms with Gasteiger partial charge in [-0.05, 0) is 37.6 Å². The third kappa shape index (κ3) is 3.21. The van der Waals surface area contributed by atoms with Crippen molar-refractivity contribution in [1.82, 2.24) is 5.32 Å². The molecular formula is C15H16ClNO3. The topological polar surface area (TPSA) is 62.5 Å². The fourth-order valence-electron chi connectivity index (χ4n) is 1.95. The molecule has 0 fully saturated rings. The first-order valence-electron chi connectivity index (χ1n) is 6.27. The molecule has 1 atom stereocenters. The van der Waals surface area contributed by atoms with Crippen LogP contribution in [0.3, 0.4) is 0 Å². The number of aryl methyl sites for hydroxylation is 1. The van der Waals surface area contributed by atoms with Crippen LogP contribution in [-0.2, 0) is 6.61 Å². The monoisotopic (exact) mass is 293 g/mol. The minimum Gasteiger partial charge on any atom is -0.453 e. The zero-order valence-electron chi connectivity index (χ0n) is 11.3. The Hall–Kier alpha value is -1.78. The highest BCUT2D eigenvalue weighted by Crippen LogP contribution is 2.19. The molecule has 0 saturated carbocycles. The molecule has 0 aliphatic rings. The van der Waals surface area contributed by atoms with E-state index >= 15 is 0 Å². The fourth-order valence-corrected chi connectivity index (χ4v) is 2.07. The molecule has 0 bridgehead atoms. The highest BCUT2D eigenvalue weighted by molar-refractivity contribution is 6.30. The van der Waals surface area contributed by atoms with Gasteiger partial charge in [-0.3, -0.25) is 4.79 Å². The molecule has 0 radical (unpaired) electrons. The van der Waals surface area contributed by atoms with Crippen LogP contribution < -0.4 is 5.32 Å². The van der Waals surface area contributed by atoms with Crippen molar-refractivity contribution in [2.24, 2.45) is 0 Å². The van der Waals surface area contributed by atoms with Gasteiger partial charge in [-0.1, -0.05) is 23.7 Å². The highest BCUT2D eigenvalue weighted by Gasteiger charge is 2.18. The standard InChI is InChI=1S/C15H16ClNO3/c1-9-7-13(8-18)20-14(9)15(19)17-10(2)11-3-5-12(16)6-4-11/h3-7,10,18H,8H2,1-2H3,(H,17,19)/t10-/m1/s1. The second-order valence-corrected chi connectivity index (χ2v) is 5.07.